The zero-order chi connectivity index (χ0) is 16.1. The molecular formula is C18H18N2OS2. The number of thioether (sulfide) groups is 1. The number of aryl methyl sites for hydroxylation is 1. The third-order valence-electron chi connectivity index (χ3n) is 3.43. The van der Waals surface area contributed by atoms with Gasteiger partial charge in [-0.2, -0.15) is 0 Å². The van der Waals surface area contributed by atoms with Gasteiger partial charge in [0.25, 0.3) is 0 Å². The largest absolute Gasteiger partial charge is 0.355 e. The Balaban J connectivity index is 1.46. The minimum Gasteiger partial charge on any atom is -0.355 e. The average Bonchev–Trinajstić information content (AvgIpc) is 2.96. The monoisotopic (exact) mass is 342 g/mol. The van der Waals surface area contributed by atoms with Gasteiger partial charge in [-0.25, -0.2) is 4.98 Å². The van der Waals surface area contributed by atoms with Crippen molar-refractivity contribution >= 4 is 39.2 Å². The molecule has 0 saturated heterocycles. The fourth-order valence-corrected chi connectivity index (χ4v) is 4.13. The number of benzene rings is 2. The van der Waals surface area contributed by atoms with Crippen LogP contribution in [0.1, 0.15) is 11.1 Å². The van der Waals surface area contributed by atoms with Crippen molar-refractivity contribution in [3.05, 3.63) is 59.7 Å². The lowest BCUT2D eigenvalue weighted by Gasteiger charge is -2.04. The van der Waals surface area contributed by atoms with Crippen molar-refractivity contribution in [2.45, 2.75) is 17.7 Å². The van der Waals surface area contributed by atoms with Crippen LogP contribution in [0.3, 0.4) is 0 Å². The number of aromatic nitrogens is 1. The first-order valence-corrected chi connectivity index (χ1v) is 9.31. The molecule has 0 aliphatic rings. The Labute approximate surface area is 144 Å². The van der Waals surface area contributed by atoms with Crippen LogP contribution in [0.15, 0.2) is 52.9 Å². The molecule has 23 heavy (non-hydrogen) atoms. The van der Waals surface area contributed by atoms with Crippen LogP contribution in [0.25, 0.3) is 10.2 Å². The highest BCUT2D eigenvalue weighted by atomic mass is 32.2. The van der Waals surface area contributed by atoms with Gasteiger partial charge in [0.05, 0.1) is 16.0 Å². The number of nitrogens with one attached hydrogen (secondary N) is 1. The number of thiazole rings is 1. The second-order valence-corrected chi connectivity index (χ2v) is 7.58. The number of amides is 1. The zero-order valence-electron chi connectivity index (χ0n) is 12.9. The molecule has 0 aliphatic carbocycles. The van der Waals surface area contributed by atoms with E-state index in [1.165, 1.54) is 27.6 Å². The molecule has 0 fully saturated rings. The van der Waals surface area contributed by atoms with Gasteiger partial charge in [-0.15, -0.1) is 11.3 Å². The van der Waals surface area contributed by atoms with Crippen molar-refractivity contribution < 1.29 is 4.79 Å². The summed E-state index contributed by atoms with van der Waals surface area (Å²) >= 11 is 3.14. The molecule has 1 heterocycles. The predicted octanol–water partition coefficient (Wildman–Crippen LogP) is 4.06. The quantitative estimate of drug-likeness (QED) is 0.687. The molecule has 118 valence electrons. The molecule has 3 rings (SSSR count). The maximum atomic E-state index is 11.9. The molecule has 0 aliphatic heterocycles. The molecule has 0 atom stereocenters. The molecule has 3 aromatic rings. The van der Waals surface area contributed by atoms with E-state index in [4.69, 9.17) is 0 Å². The highest BCUT2D eigenvalue weighted by Gasteiger charge is 2.07. The van der Waals surface area contributed by atoms with Crippen LogP contribution >= 0.6 is 23.1 Å². The maximum Gasteiger partial charge on any atom is 0.230 e. The molecule has 1 N–H and O–H groups in total. The lowest BCUT2D eigenvalue weighted by atomic mass is 10.1. The predicted molar refractivity (Wildman–Crippen MR) is 98.2 cm³/mol. The number of carbonyl (C=O) groups is 1. The second-order valence-electron chi connectivity index (χ2n) is 5.33. The summed E-state index contributed by atoms with van der Waals surface area (Å²) in [7, 11) is 0. The lowest BCUT2D eigenvalue weighted by molar-refractivity contribution is -0.118. The molecule has 0 spiro atoms. The van der Waals surface area contributed by atoms with Gasteiger partial charge in [0.15, 0.2) is 4.34 Å². The van der Waals surface area contributed by atoms with E-state index in [9.17, 15) is 4.79 Å². The van der Waals surface area contributed by atoms with Gasteiger partial charge >= 0.3 is 0 Å². The topological polar surface area (TPSA) is 42.0 Å². The van der Waals surface area contributed by atoms with E-state index in [2.05, 4.69) is 47.6 Å². The van der Waals surface area contributed by atoms with Gasteiger partial charge in [-0.1, -0.05) is 48.2 Å². The van der Waals surface area contributed by atoms with Gasteiger partial charge < -0.3 is 5.32 Å². The molecule has 3 nitrogen and oxygen atoms in total. The van der Waals surface area contributed by atoms with Crippen molar-refractivity contribution in [2.24, 2.45) is 0 Å². The summed E-state index contributed by atoms with van der Waals surface area (Å²) in [6, 6.07) is 16.4. The summed E-state index contributed by atoms with van der Waals surface area (Å²) in [6.45, 7) is 2.73. The fraction of sp³-hybridized carbons (Fsp3) is 0.222. The summed E-state index contributed by atoms with van der Waals surface area (Å²) in [4.78, 5) is 16.5. The molecular weight excluding hydrogens is 324 g/mol. The van der Waals surface area contributed by atoms with Crippen LogP contribution < -0.4 is 5.32 Å². The summed E-state index contributed by atoms with van der Waals surface area (Å²) in [6.07, 6.45) is 0.859. The van der Waals surface area contributed by atoms with Gasteiger partial charge in [0, 0.05) is 6.54 Å². The van der Waals surface area contributed by atoms with E-state index in [1.807, 2.05) is 18.2 Å². The molecule has 0 radical (unpaired) electrons. The number of carbonyl (C=O) groups excluding carboxylic acids is 1. The minimum absolute atomic E-state index is 0.0568. The Morgan fingerprint density at radius 3 is 2.87 bits per heavy atom. The number of hydrogen-bond donors (Lipinski definition) is 1. The average molecular weight is 342 g/mol. The van der Waals surface area contributed by atoms with E-state index in [0.717, 1.165) is 16.3 Å². The van der Waals surface area contributed by atoms with Crippen molar-refractivity contribution in [3.63, 3.8) is 0 Å². The molecule has 0 unspecified atom stereocenters. The SMILES string of the molecule is Cc1ccc2sc(SCC(=O)NCCc3ccccc3)nc2c1. The minimum atomic E-state index is 0.0568. The van der Waals surface area contributed by atoms with Crippen LogP contribution in [0, 0.1) is 6.92 Å². The Kier molecular flexibility index (Phi) is 5.31. The Bertz CT molecular complexity index is 799. The second kappa shape index (κ2) is 7.62. The van der Waals surface area contributed by atoms with E-state index < -0.39 is 0 Å². The van der Waals surface area contributed by atoms with Crippen LogP contribution in [-0.2, 0) is 11.2 Å². The molecule has 0 bridgehead atoms. The maximum absolute atomic E-state index is 11.9. The van der Waals surface area contributed by atoms with Gasteiger partial charge in [-0.05, 0) is 36.6 Å². The van der Waals surface area contributed by atoms with Crippen molar-refractivity contribution in [2.75, 3.05) is 12.3 Å². The Morgan fingerprint density at radius 2 is 2.04 bits per heavy atom. The van der Waals surface area contributed by atoms with E-state index in [-0.39, 0.29) is 5.91 Å². The lowest BCUT2D eigenvalue weighted by Crippen LogP contribution is -2.27. The van der Waals surface area contributed by atoms with Crippen molar-refractivity contribution in [1.82, 2.24) is 10.3 Å². The molecule has 5 heteroatoms. The Morgan fingerprint density at radius 1 is 1.22 bits per heavy atom. The van der Waals surface area contributed by atoms with E-state index in [1.54, 1.807) is 11.3 Å². The first-order valence-electron chi connectivity index (χ1n) is 7.51. The highest BCUT2D eigenvalue weighted by molar-refractivity contribution is 8.01. The van der Waals surface area contributed by atoms with Crippen LogP contribution in [0.5, 0.6) is 0 Å². The number of fused-ring (bicyclic) bond motifs is 1. The summed E-state index contributed by atoms with van der Waals surface area (Å²) in [5, 5.41) is 2.96. The Hall–Kier alpha value is -1.85. The summed E-state index contributed by atoms with van der Waals surface area (Å²) in [5.41, 5.74) is 3.46. The van der Waals surface area contributed by atoms with Crippen LogP contribution in [-0.4, -0.2) is 23.2 Å². The molecule has 1 aromatic heterocycles. The third-order valence-corrected chi connectivity index (χ3v) is 5.61. The van der Waals surface area contributed by atoms with Crippen molar-refractivity contribution in [3.8, 4) is 0 Å². The summed E-state index contributed by atoms with van der Waals surface area (Å²) in [5.74, 6) is 0.467. The molecule has 1 amide bonds. The highest BCUT2D eigenvalue weighted by Crippen LogP contribution is 2.29. The first kappa shape index (κ1) is 16.0. The standard InChI is InChI=1S/C18H18N2OS2/c1-13-7-8-16-15(11-13)20-18(23-16)22-12-17(21)19-10-9-14-5-3-2-4-6-14/h2-8,11H,9-10,12H2,1H3,(H,19,21). The first-order chi connectivity index (χ1) is 11.2. The zero-order valence-corrected chi connectivity index (χ0v) is 14.5. The van der Waals surface area contributed by atoms with Crippen LogP contribution in [0.2, 0.25) is 0 Å². The number of rotatable bonds is 6. The van der Waals surface area contributed by atoms with Crippen LogP contribution in [0.4, 0.5) is 0 Å². The van der Waals surface area contributed by atoms with E-state index in [0.29, 0.717) is 12.3 Å². The van der Waals surface area contributed by atoms with E-state index >= 15 is 0 Å². The summed E-state index contributed by atoms with van der Waals surface area (Å²) < 4.78 is 2.12. The molecule has 0 saturated carbocycles. The van der Waals surface area contributed by atoms with Gasteiger partial charge in [0.1, 0.15) is 0 Å². The number of nitrogens with zero attached hydrogens (tertiary/aromatic N) is 1. The van der Waals surface area contributed by atoms with Gasteiger partial charge in [0.2, 0.25) is 5.91 Å². The third kappa shape index (κ3) is 4.56. The fourth-order valence-electron chi connectivity index (χ4n) is 2.25. The van der Waals surface area contributed by atoms with Crippen molar-refractivity contribution in [1.29, 1.82) is 0 Å². The smallest absolute Gasteiger partial charge is 0.230 e. The molecule has 2 aromatic carbocycles. The van der Waals surface area contributed by atoms with Gasteiger partial charge in [-0.3, -0.25) is 4.79 Å². The normalized spacial score (nSPS) is 10.8. The number of hydrogen-bond acceptors (Lipinski definition) is 4.